The van der Waals surface area contributed by atoms with Gasteiger partial charge in [0.1, 0.15) is 4.90 Å². The molecule has 0 aliphatic heterocycles. The van der Waals surface area contributed by atoms with E-state index in [0.717, 1.165) is 12.0 Å². The minimum atomic E-state index is -3.58. The van der Waals surface area contributed by atoms with E-state index in [-0.39, 0.29) is 10.6 Å². The van der Waals surface area contributed by atoms with Crippen molar-refractivity contribution in [2.45, 2.75) is 24.8 Å². The molecule has 0 bridgehead atoms. The van der Waals surface area contributed by atoms with Crippen molar-refractivity contribution >= 4 is 15.7 Å². The van der Waals surface area contributed by atoms with E-state index in [1.165, 1.54) is 4.31 Å². The Bertz CT molecular complexity index is 684. The average Bonchev–Trinajstić information content (AvgIpc) is 2.48. The number of benzene rings is 2. The van der Waals surface area contributed by atoms with Gasteiger partial charge in [-0.15, -0.1) is 0 Å². The lowest BCUT2D eigenvalue weighted by atomic mass is 10.2. The quantitative estimate of drug-likeness (QED) is 0.835. The summed E-state index contributed by atoms with van der Waals surface area (Å²) in [5, 5.41) is 0. The summed E-state index contributed by atoms with van der Waals surface area (Å²) in [6.07, 6.45) is 0.749. The number of para-hydroxylation sites is 1. The Morgan fingerprint density at radius 3 is 2.24 bits per heavy atom. The molecule has 2 N–H and O–H groups in total. The minimum absolute atomic E-state index is 0.175. The monoisotopic (exact) mass is 304 g/mol. The molecular weight excluding hydrogens is 284 g/mol. The Morgan fingerprint density at radius 1 is 1.00 bits per heavy atom. The first-order valence-electron chi connectivity index (χ1n) is 6.94. The van der Waals surface area contributed by atoms with Gasteiger partial charge in [-0.3, -0.25) is 0 Å². The third kappa shape index (κ3) is 3.62. The first-order chi connectivity index (χ1) is 10.1. The lowest BCUT2D eigenvalue weighted by molar-refractivity contribution is 0.406. The van der Waals surface area contributed by atoms with Crippen LogP contribution in [0.4, 0.5) is 5.69 Å². The van der Waals surface area contributed by atoms with E-state index in [2.05, 4.69) is 0 Å². The standard InChI is InChI=1S/C16H20N2O2S/c1-2-12-18(13-14-8-4-3-5-9-14)21(19,20)16-11-7-6-10-15(16)17/h3-11H,2,12-13,17H2,1H3. The van der Waals surface area contributed by atoms with Crippen molar-refractivity contribution in [3.63, 3.8) is 0 Å². The van der Waals surface area contributed by atoms with Gasteiger partial charge in [0.25, 0.3) is 0 Å². The Hall–Kier alpha value is -1.85. The van der Waals surface area contributed by atoms with Gasteiger partial charge in [0, 0.05) is 13.1 Å². The van der Waals surface area contributed by atoms with Crippen molar-refractivity contribution < 1.29 is 8.42 Å². The van der Waals surface area contributed by atoms with Crippen LogP contribution >= 0.6 is 0 Å². The van der Waals surface area contributed by atoms with Gasteiger partial charge in [0.2, 0.25) is 10.0 Å². The summed E-state index contributed by atoms with van der Waals surface area (Å²) >= 11 is 0. The Morgan fingerprint density at radius 2 is 1.62 bits per heavy atom. The van der Waals surface area contributed by atoms with Crippen LogP contribution in [-0.2, 0) is 16.6 Å². The fourth-order valence-corrected chi connectivity index (χ4v) is 3.81. The number of hydrogen-bond acceptors (Lipinski definition) is 3. The van der Waals surface area contributed by atoms with Gasteiger partial charge < -0.3 is 5.73 Å². The Balaban J connectivity index is 2.35. The summed E-state index contributed by atoms with van der Waals surface area (Å²) in [5.41, 5.74) is 7.07. The highest BCUT2D eigenvalue weighted by atomic mass is 32.2. The maximum atomic E-state index is 12.8. The number of rotatable bonds is 6. The highest BCUT2D eigenvalue weighted by Gasteiger charge is 2.25. The third-order valence-corrected chi connectivity index (χ3v) is 5.13. The summed E-state index contributed by atoms with van der Waals surface area (Å²) < 4.78 is 27.1. The normalized spacial score (nSPS) is 11.7. The average molecular weight is 304 g/mol. The molecule has 0 aliphatic carbocycles. The van der Waals surface area contributed by atoms with Crippen LogP contribution in [0.3, 0.4) is 0 Å². The van der Waals surface area contributed by atoms with Gasteiger partial charge in [0.15, 0.2) is 0 Å². The first kappa shape index (κ1) is 15.5. The number of nitrogens with zero attached hydrogens (tertiary/aromatic N) is 1. The highest BCUT2D eigenvalue weighted by Crippen LogP contribution is 2.23. The number of anilines is 1. The highest BCUT2D eigenvalue weighted by molar-refractivity contribution is 7.89. The molecule has 0 saturated heterocycles. The Kier molecular flexibility index (Phi) is 4.98. The lowest BCUT2D eigenvalue weighted by Crippen LogP contribution is -2.31. The molecule has 2 rings (SSSR count). The fourth-order valence-electron chi connectivity index (χ4n) is 2.18. The van der Waals surface area contributed by atoms with E-state index in [1.807, 2.05) is 37.3 Å². The van der Waals surface area contributed by atoms with Crippen molar-refractivity contribution in [3.8, 4) is 0 Å². The third-order valence-electron chi connectivity index (χ3n) is 3.21. The molecule has 5 heteroatoms. The lowest BCUT2D eigenvalue weighted by Gasteiger charge is -2.22. The van der Waals surface area contributed by atoms with Crippen molar-refractivity contribution in [2.24, 2.45) is 0 Å². The zero-order chi connectivity index (χ0) is 15.3. The van der Waals surface area contributed by atoms with Crippen LogP contribution in [0.25, 0.3) is 0 Å². The van der Waals surface area contributed by atoms with Crippen LogP contribution in [0.1, 0.15) is 18.9 Å². The molecule has 2 aromatic carbocycles. The van der Waals surface area contributed by atoms with E-state index in [0.29, 0.717) is 13.1 Å². The van der Waals surface area contributed by atoms with Gasteiger partial charge in [0.05, 0.1) is 5.69 Å². The molecule has 112 valence electrons. The number of nitrogens with two attached hydrogens (primary N) is 1. The molecule has 0 aliphatic rings. The van der Waals surface area contributed by atoms with Crippen LogP contribution in [0.15, 0.2) is 59.5 Å². The van der Waals surface area contributed by atoms with E-state index in [9.17, 15) is 8.42 Å². The number of hydrogen-bond donors (Lipinski definition) is 1. The predicted octanol–water partition coefficient (Wildman–Crippen LogP) is 2.87. The van der Waals surface area contributed by atoms with E-state index < -0.39 is 10.0 Å². The number of sulfonamides is 1. The maximum absolute atomic E-state index is 12.8. The summed E-state index contributed by atoms with van der Waals surface area (Å²) in [4.78, 5) is 0.175. The summed E-state index contributed by atoms with van der Waals surface area (Å²) in [5.74, 6) is 0. The SMILES string of the molecule is CCCN(Cc1ccccc1)S(=O)(=O)c1ccccc1N. The predicted molar refractivity (Wildman–Crippen MR) is 85.2 cm³/mol. The molecule has 0 aromatic heterocycles. The minimum Gasteiger partial charge on any atom is -0.398 e. The van der Waals surface area contributed by atoms with Crippen LogP contribution in [0.2, 0.25) is 0 Å². The first-order valence-corrected chi connectivity index (χ1v) is 8.38. The summed E-state index contributed by atoms with van der Waals surface area (Å²) in [6, 6.07) is 16.2. The molecular formula is C16H20N2O2S. The molecule has 0 spiro atoms. The second kappa shape index (κ2) is 6.74. The van der Waals surface area contributed by atoms with Gasteiger partial charge in [-0.1, -0.05) is 49.4 Å². The molecule has 0 unspecified atom stereocenters. The van der Waals surface area contributed by atoms with E-state index >= 15 is 0 Å². The van der Waals surface area contributed by atoms with Crippen LogP contribution in [0, 0.1) is 0 Å². The number of nitrogen functional groups attached to an aromatic ring is 1. The van der Waals surface area contributed by atoms with Crippen LogP contribution in [-0.4, -0.2) is 19.3 Å². The molecule has 4 nitrogen and oxygen atoms in total. The van der Waals surface area contributed by atoms with Crippen molar-refractivity contribution in [1.82, 2.24) is 4.31 Å². The van der Waals surface area contributed by atoms with Gasteiger partial charge in [-0.05, 0) is 24.1 Å². The van der Waals surface area contributed by atoms with Crippen molar-refractivity contribution in [1.29, 1.82) is 0 Å². The molecule has 0 fully saturated rings. The Labute approximate surface area is 126 Å². The molecule has 2 aromatic rings. The topological polar surface area (TPSA) is 63.4 Å². The smallest absolute Gasteiger partial charge is 0.245 e. The summed E-state index contributed by atoms with van der Waals surface area (Å²) in [6.45, 7) is 2.78. The van der Waals surface area contributed by atoms with E-state index in [4.69, 9.17) is 5.73 Å². The molecule has 0 amide bonds. The van der Waals surface area contributed by atoms with Crippen LogP contribution < -0.4 is 5.73 Å². The zero-order valence-corrected chi connectivity index (χ0v) is 12.9. The molecule has 0 atom stereocenters. The molecule has 21 heavy (non-hydrogen) atoms. The molecule has 0 heterocycles. The van der Waals surface area contributed by atoms with Gasteiger partial charge >= 0.3 is 0 Å². The van der Waals surface area contributed by atoms with Crippen LogP contribution in [0.5, 0.6) is 0 Å². The van der Waals surface area contributed by atoms with Gasteiger partial charge in [-0.2, -0.15) is 4.31 Å². The van der Waals surface area contributed by atoms with Crippen molar-refractivity contribution in [2.75, 3.05) is 12.3 Å². The van der Waals surface area contributed by atoms with E-state index in [1.54, 1.807) is 24.3 Å². The zero-order valence-electron chi connectivity index (χ0n) is 12.1. The van der Waals surface area contributed by atoms with Crippen molar-refractivity contribution in [3.05, 3.63) is 60.2 Å². The summed E-state index contributed by atoms with van der Waals surface area (Å²) in [7, 11) is -3.58. The maximum Gasteiger partial charge on any atom is 0.245 e. The largest absolute Gasteiger partial charge is 0.398 e. The second-order valence-electron chi connectivity index (χ2n) is 4.86. The molecule has 0 saturated carbocycles. The second-order valence-corrected chi connectivity index (χ2v) is 6.77. The van der Waals surface area contributed by atoms with Gasteiger partial charge in [-0.25, -0.2) is 8.42 Å². The molecule has 0 radical (unpaired) electrons. The fraction of sp³-hybridized carbons (Fsp3) is 0.250.